The molecule has 0 spiro atoms. The molecular weight excluding hydrogens is 508 g/mol. The lowest BCUT2D eigenvalue weighted by atomic mass is 10.0. The van der Waals surface area contributed by atoms with Crippen LogP contribution in [-0.4, -0.2) is 41.0 Å². The first-order chi connectivity index (χ1) is 15.9. The topological polar surface area (TPSA) is 74.0 Å². The molecule has 0 bridgehead atoms. The third-order valence-corrected chi connectivity index (χ3v) is 7.63. The molecule has 3 aromatic rings. The Kier molecular flexibility index (Phi) is 6.10. The van der Waals surface area contributed by atoms with Crippen LogP contribution in [0, 0.1) is 5.92 Å². The number of fused-ring (bicyclic) bond motifs is 1. The zero-order chi connectivity index (χ0) is 23.1. The summed E-state index contributed by atoms with van der Waals surface area (Å²) < 4.78 is 6.25. The first-order valence-corrected chi connectivity index (χ1v) is 12.3. The SMILES string of the molecule is O=C(O)c1cc2c(Br)c(N3CCC(N(Cc4ccc(Cl)cc4)C(=O)C4CC4)CC3)ccc2o1. The average Bonchev–Trinajstić information content (AvgIpc) is 3.57. The van der Waals surface area contributed by atoms with E-state index in [9.17, 15) is 14.7 Å². The van der Waals surface area contributed by atoms with Crippen molar-refractivity contribution in [1.29, 1.82) is 0 Å². The molecule has 1 aromatic heterocycles. The third-order valence-electron chi connectivity index (χ3n) is 6.55. The van der Waals surface area contributed by atoms with Crippen molar-refractivity contribution >= 4 is 56.1 Å². The number of amides is 1. The van der Waals surface area contributed by atoms with Gasteiger partial charge in [0, 0.05) is 48.1 Å². The fourth-order valence-electron chi connectivity index (χ4n) is 4.57. The highest BCUT2D eigenvalue weighted by atomic mass is 79.9. The van der Waals surface area contributed by atoms with E-state index >= 15 is 0 Å². The van der Waals surface area contributed by atoms with E-state index in [4.69, 9.17) is 16.0 Å². The molecule has 5 rings (SSSR count). The molecular formula is C25H24BrClN2O4. The van der Waals surface area contributed by atoms with Crippen LogP contribution in [0.2, 0.25) is 5.02 Å². The van der Waals surface area contributed by atoms with Gasteiger partial charge in [0.1, 0.15) is 5.58 Å². The van der Waals surface area contributed by atoms with Crippen molar-refractivity contribution in [3.63, 3.8) is 0 Å². The monoisotopic (exact) mass is 530 g/mol. The van der Waals surface area contributed by atoms with E-state index in [1.807, 2.05) is 36.4 Å². The fourth-order valence-corrected chi connectivity index (χ4v) is 5.39. The number of halogens is 2. The van der Waals surface area contributed by atoms with E-state index in [2.05, 4.69) is 25.7 Å². The zero-order valence-electron chi connectivity index (χ0n) is 18.0. The number of carbonyl (C=O) groups is 2. The second kappa shape index (κ2) is 9.03. The molecule has 1 amide bonds. The molecule has 172 valence electrons. The van der Waals surface area contributed by atoms with E-state index in [1.54, 1.807) is 6.07 Å². The maximum atomic E-state index is 13.1. The van der Waals surface area contributed by atoms with Crippen molar-refractivity contribution in [2.24, 2.45) is 5.92 Å². The predicted octanol–water partition coefficient (Wildman–Crippen LogP) is 5.95. The summed E-state index contributed by atoms with van der Waals surface area (Å²) >= 11 is 9.69. The summed E-state index contributed by atoms with van der Waals surface area (Å²) in [5.74, 6) is -0.707. The first kappa shape index (κ1) is 22.3. The first-order valence-electron chi connectivity index (χ1n) is 11.2. The van der Waals surface area contributed by atoms with E-state index in [1.165, 1.54) is 0 Å². The van der Waals surface area contributed by atoms with Gasteiger partial charge in [-0.05, 0) is 71.4 Å². The molecule has 1 N–H and O–H groups in total. The maximum absolute atomic E-state index is 13.1. The number of carboxylic acids is 1. The Bertz CT molecular complexity index is 1200. The van der Waals surface area contributed by atoms with Gasteiger partial charge in [-0.3, -0.25) is 4.79 Å². The minimum absolute atomic E-state index is 0.0713. The van der Waals surface area contributed by atoms with Gasteiger partial charge in [0.05, 0.1) is 10.2 Å². The van der Waals surface area contributed by atoms with Crippen molar-refractivity contribution in [1.82, 2.24) is 4.90 Å². The number of piperidine rings is 1. The van der Waals surface area contributed by atoms with Gasteiger partial charge in [-0.1, -0.05) is 23.7 Å². The Hall–Kier alpha value is -2.51. The van der Waals surface area contributed by atoms with Crippen molar-refractivity contribution in [2.75, 3.05) is 18.0 Å². The molecule has 2 aliphatic rings. The number of rotatable bonds is 6. The zero-order valence-corrected chi connectivity index (χ0v) is 20.3. The van der Waals surface area contributed by atoms with Crippen molar-refractivity contribution in [3.8, 4) is 0 Å². The molecule has 1 aliphatic carbocycles. The minimum Gasteiger partial charge on any atom is -0.475 e. The van der Waals surface area contributed by atoms with Crippen LogP contribution in [0.15, 0.2) is 51.4 Å². The van der Waals surface area contributed by atoms with E-state index in [0.29, 0.717) is 17.2 Å². The molecule has 33 heavy (non-hydrogen) atoms. The summed E-state index contributed by atoms with van der Waals surface area (Å²) in [7, 11) is 0. The fraction of sp³-hybridized carbons (Fsp3) is 0.360. The summed E-state index contributed by atoms with van der Waals surface area (Å²) in [6.45, 7) is 2.24. The number of hydrogen-bond acceptors (Lipinski definition) is 4. The normalized spacial score (nSPS) is 16.8. The van der Waals surface area contributed by atoms with Crippen LogP contribution in [-0.2, 0) is 11.3 Å². The third kappa shape index (κ3) is 4.62. The van der Waals surface area contributed by atoms with Gasteiger partial charge in [0.15, 0.2) is 0 Å². The van der Waals surface area contributed by atoms with Crippen LogP contribution >= 0.6 is 27.5 Å². The number of aromatic carboxylic acids is 1. The Morgan fingerprint density at radius 2 is 1.79 bits per heavy atom. The summed E-state index contributed by atoms with van der Waals surface area (Å²) in [6.07, 6.45) is 3.74. The molecule has 1 saturated heterocycles. The van der Waals surface area contributed by atoms with E-state index < -0.39 is 5.97 Å². The maximum Gasteiger partial charge on any atom is 0.371 e. The van der Waals surface area contributed by atoms with E-state index in [0.717, 1.165) is 59.9 Å². The van der Waals surface area contributed by atoms with Crippen LogP contribution in [0.5, 0.6) is 0 Å². The van der Waals surface area contributed by atoms with Crippen LogP contribution in [0.25, 0.3) is 11.0 Å². The van der Waals surface area contributed by atoms with Gasteiger partial charge in [-0.2, -0.15) is 0 Å². The van der Waals surface area contributed by atoms with Crippen molar-refractivity contribution in [3.05, 3.63) is 63.3 Å². The van der Waals surface area contributed by atoms with Crippen LogP contribution in [0.3, 0.4) is 0 Å². The molecule has 2 aromatic carbocycles. The van der Waals surface area contributed by atoms with Crippen molar-refractivity contribution in [2.45, 2.75) is 38.3 Å². The Morgan fingerprint density at radius 1 is 1.09 bits per heavy atom. The van der Waals surface area contributed by atoms with Gasteiger partial charge >= 0.3 is 5.97 Å². The molecule has 1 saturated carbocycles. The predicted molar refractivity (Wildman–Crippen MR) is 131 cm³/mol. The molecule has 1 aliphatic heterocycles. The van der Waals surface area contributed by atoms with Crippen LogP contribution < -0.4 is 4.90 Å². The summed E-state index contributed by atoms with van der Waals surface area (Å²) in [5.41, 5.74) is 2.65. The standard InChI is InChI=1S/C25H24BrClN2O4/c26-23-19-13-22(25(31)32)33-21(19)8-7-20(23)28-11-9-18(10-12-28)29(24(30)16-3-4-16)14-15-1-5-17(27)6-2-15/h1-2,5-8,13,16,18H,3-4,9-12,14H2,(H,31,32). The van der Waals surface area contributed by atoms with Crippen LogP contribution in [0.4, 0.5) is 5.69 Å². The highest BCUT2D eigenvalue weighted by molar-refractivity contribution is 9.10. The van der Waals surface area contributed by atoms with E-state index in [-0.39, 0.29) is 23.6 Å². The largest absolute Gasteiger partial charge is 0.475 e. The summed E-state index contributed by atoms with van der Waals surface area (Å²) in [6, 6.07) is 13.3. The van der Waals surface area contributed by atoms with Crippen molar-refractivity contribution < 1.29 is 19.1 Å². The number of nitrogens with zero attached hydrogens (tertiary/aromatic N) is 2. The second-order valence-electron chi connectivity index (χ2n) is 8.81. The molecule has 2 fully saturated rings. The molecule has 0 unspecified atom stereocenters. The Labute approximate surface area is 205 Å². The number of hydrogen-bond donors (Lipinski definition) is 1. The highest BCUT2D eigenvalue weighted by Gasteiger charge is 2.37. The number of carboxylic acid groups (broad SMARTS) is 1. The molecule has 0 radical (unpaired) electrons. The number of carbonyl (C=O) groups excluding carboxylic acids is 1. The van der Waals surface area contributed by atoms with Gasteiger partial charge in [-0.25, -0.2) is 4.79 Å². The molecule has 6 nitrogen and oxygen atoms in total. The molecule has 2 heterocycles. The lowest BCUT2D eigenvalue weighted by molar-refractivity contribution is -0.136. The van der Waals surface area contributed by atoms with Gasteiger partial charge < -0.3 is 19.3 Å². The van der Waals surface area contributed by atoms with Gasteiger partial charge in [0.25, 0.3) is 0 Å². The number of benzene rings is 2. The lowest BCUT2D eigenvalue weighted by Crippen LogP contribution is -2.47. The number of furan rings is 1. The summed E-state index contributed by atoms with van der Waals surface area (Å²) in [4.78, 5) is 28.7. The lowest BCUT2D eigenvalue weighted by Gasteiger charge is -2.40. The Balaban J connectivity index is 1.32. The van der Waals surface area contributed by atoms with Crippen LogP contribution in [0.1, 0.15) is 41.8 Å². The average molecular weight is 532 g/mol. The van der Waals surface area contributed by atoms with Gasteiger partial charge in [0.2, 0.25) is 11.7 Å². The highest BCUT2D eigenvalue weighted by Crippen LogP contribution is 2.38. The number of anilines is 1. The Morgan fingerprint density at radius 3 is 2.42 bits per heavy atom. The second-order valence-corrected chi connectivity index (χ2v) is 10.0. The van der Waals surface area contributed by atoms with Gasteiger partial charge in [-0.15, -0.1) is 0 Å². The minimum atomic E-state index is -1.08. The summed E-state index contributed by atoms with van der Waals surface area (Å²) in [5, 5.41) is 10.7. The quantitative estimate of drug-likeness (QED) is 0.425. The molecule has 8 heteroatoms. The smallest absolute Gasteiger partial charge is 0.371 e. The molecule has 0 atom stereocenters.